The molecule has 0 spiro atoms. The monoisotopic (exact) mass is 377 g/mol. The molecule has 0 saturated carbocycles. The first kappa shape index (κ1) is 19.0. The molecule has 1 N–H and O–H groups in total. The minimum atomic E-state index is -0.729. The van der Waals surface area contributed by atoms with Gasteiger partial charge in [-0.25, -0.2) is 13.8 Å². The summed E-state index contributed by atoms with van der Waals surface area (Å²) >= 11 is 0. The van der Waals surface area contributed by atoms with E-state index in [4.69, 9.17) is 4.42 Å². The average molecular weight is 377 g/mol. The highest BCUT2D eigenvalue weighted by Crippen LogP contribution is 2.27. The second-order valence-electron chi connectivity index (χ2n) is 6.48. The van der Waals surface area contributed by atoms with Gasteiger partial charge >= 0.3 is 0 Å². The lowest BCUT2D eigenvalue weighted by Crippen LogP contribution is -2.42. The maximum atomic E-state index is 13.8. The van der Waals surface area contributed by atoms with Gasteiger partial charge in [-0.3, -0.25) is 9.59 Å². The molecule has 1 aromatic carbocycles. The second kappa shape index (κ2) is 8.28. The number of carbonyl (C=O) groups excluding carboxylic acids is 2. The van der Waals surface area contributed by atoms with Crippen LogP contribution < -0.4 is 5.32 Å². The van der Waals surface area contributed by atoms with Gasteiger partial charge in [0.05, 0.1) is 11.8 Å². The van der Waals surface area contributed by atoms with E-state index in [2.05, 4.69) is 10.3 Å². The summed E-state index contributed by atoms with van der Waals surface area (Å²) in [5.74, 6) is -1.30. The smallest absolute Gasteiger partial charge is 0.223 e. The minimum Gasteiger partial charge on any atom is -0.441 e. The summed E-state index contributed by atoms with van der Waals surface area (Å²) in [6.07, 6.45) is 2.97. The number of aryl methyl sites for hydroxylation is 1. The molecule has 1 aliphatic heterocycles. The highest BCUT2D eigenvalue weighted by Gasteiger charge is 2.26. The third kappa shape index (κ3) is 4.32. The zero-order chi connectivity index (χ0) is 19.4. The van der Waals surface area contributed by atoms with Gasteiger partial charge in [0.2, 0.25) is 11.8 Å². The lowest BCUT2D eigenvalue weighted by molar-refractivity contribution is -0.135. The Labute approximate surface area is 155 Å². The normalized spacial score (nSPS) is 15.0. The summed E-state index contributed by atoms with van der Waals surface area (Å²) in [7, 11) is 1.61. The number of nitrogens with one attached hydrogen (secondary N) is 1. The first-order chi connectivity index (χ1) is 13.0. The third-order valence-electron chi connectivity index (χ3n) is 4.78. The molecular weight excluding hydrogens is 356 g/mol. The van der Waals surface area contributed by atoms with Crippen molar-refractivity contribution >= 4 is 11.8 Å². The SMILES string of the molecule is CNC(=O)C1CCN(C(=O)CCc2ncc(-c3c(F)cccc3F)o2)CC1. The van der Waals surface area contributed by atoms with Crippen LogP contribution >= 0.6 is 0 Å². The number of piperidine rings is 1. The first-order valence-electron chi connectivity index (χ1n) is 8.88. The van der Waals surface area contributed by atoms with Crippen LogP contribution in [0.2, 0.25) is 0 Å². The van der Waals surface area contributed by atoms with Crippen LogP contribution in [0, 0.1) is 17.6 Å². The van der Waals surface area contributed by atoms with Gasteiger partial charge in [-0.05, 0) is 25.0 Å². The van der Waals surface area contributed by atoms with Gasteiger partial charge in [0.25, 0.3) is 0 Å². The van der Waals surface area contributed by atoms with Crippen LogP contribution in [-0.4, -0.2) is 41.8 Å². The molecule has 27 heavy (non-hydrogen) atoms. The average Bonchev–Trinajstić information content (AvgIpc) is 3.14. The van der Waals surface area contributed by atoms with E-state index in [1.165, 1.54) is 12.3 Å². The van der Waals surface area contributed by atoms with Crippen LogP contribution in [-0.2, 0) is 16.0 Å². The maximum Gasteiger partial charge on any atom is 0.223 e. The quantitative estimate of drug-likeness (QED) is 0.869. The topological polar surface area (TPSA) is 75.4 Å². The number of halogens is 2. The molecule has 2 aromatic rings. The second-order valence-corrected chi connectivity index (χ2v) is 6.48. The fourth-order valence-electron chi connectivity index (χ4n) is 3.24. The largest absolute Gasteiger partial charge is 0.441 e. The Balaban J connectivity index is 1.55. The fraction of sp³-hybridized carbons (Fsp3) is 0.421. The van der Waals surface area contributed by atoms with Crippen LogP contribution in [0.1, 0.15) is 25.2 Å². The lowest BCUT2D eigenvalue weighted by Gasteiger charge is -2.31. The zero-order valence-electron chi connectivity index (χ0n) is 15.0. The predicted molar refractivity (Wildman–Crippen MR) is 93.5 cm³/mol. The van der Waals surface area contributed by atoms with E-state index in [1.54, 1.807) is 11.9 Å². The molecule has 3 rings (SSSR count). The fourth-order valence-corrected chi connectivity index (χ4v) is 3.24. The van der Waals surface area contributed by atoms with Crippen LogP contribution in [0.25, 0.3) is 11.3 Å². The Morgan fingerprint density at radius 1 is 1.26 bits per heavy atom. The van der Waals surface area contributed by atoms with Crippen molar-refractivity contribution in [3.63, 3.8) is 0 Å². The summed E-state index contributed by atoms with van der Waals surface area (Å²) in [4.78, 5) is 29.7. The number of hydrogen-bond acceptors (Lipinski definition) is 4. The van der Waals surface area contributed by atoms with Crippen LogP contribution in [0.4, 0.5) is 8.78 Å². The van der Waals surface area contributed by atoms with Crippen LogP contribution in [0.5, 0.6) is 0 Å². The maximum absolute atomic E-state index is 13.8. The Bertz CT molecular complexity index is 809. The van der Waals surface area contributed by atoms with E-state index in [0.29, 0.717) is 25.9 Å². The van der Waals surface area contributed by atoms with Crippen molar-refractivity contribution in [2.24, 2.45) is 5.92 Å². The molecule has 1 aliphatic rings. The summed E-state index contributed by atoms with van der Waals surface area (Å²) in [5, 5.41) is 2.63. The molecule has 0 unspecified atom stereocenters. The Morgan fingerprint density at radius 2 is 1.93 bits per heavy atom. The molecule has 6 nitrogen and oxygen atoms in total. The molecular formula is C19H21F2N3O3. The highest BCUT2D eigenvalue weighted by molar-refractivity contribution is 5.79. The predicted octanol–water partition coefficient (Wildman–Crippen LogP) is 2.54. The molecule has 0 bridgehead atoms. The van der Waals surface area contributed by atoms with E-state index in [0.717, 1.165) is 12.1 Å². The molecule has 8 heteroatoms. The van der Waals surface area contributed by atoms with Crippen LogP contribution in [0.15, 0.2) is 28.8 Å². The van der Waals surface area contributed by atoms with Gasteiger partial charge < -0.3 is 14.6 Å². The van der Waals surface area contributed by atoms with Gasteiger partial charge in [-0.15, -0.1) is 0 Å². The van der Waals surface area contributed by atoms with E-state index in [1.807, 2.05) is 0 Å². The van der Waals surface area contributed by atoms with E-state index in [-0.39, 0.29) is 47.8 Å². The number of hydrogen-bond donors (Lipinski definition) is 1. The number of amides is 2. The highest BCUT2D eigenvalue weighted by atomic mass is 19.1. The summed E-state index contributed by atoms with van der Waals surface area (Å²) in [6.45, 7) is 1.07. The van der Waals surface area contributed by atoms with E-state index >= 15 is 0 Å². The number of aromatic nitrogens is 1. The molecule has 0 atom stereocenters. The number of nitrogens with zero attached hydrogens (tertiary/aromatic N) is 2. The van der Waals surface area contributed by atoms with Crippen molar-refractivity contribution in [3.8, 4) is 11.3 Å². The molecule has 144 valence electrons. The van der Waals surface area contributed by atoms with Gasteiger partial charge in [0.15, 0.2) is 11.7 Å². The third-order valence-corrected chi connectivity index (χ3v) is 4.78. The number of rotatable bonds is 5. The summed E-state index contributed by atoms with van der Waals surface area (Å²) in [5.41, 5.74) is -0.265. The van der Waals surface area contributed by atoms with Crippen molar-refractivity contribution in [1.82, 2.24) is 15.2 Å². The number of carbonyl (C=O) groups is 2. The van der Waals surface area contributed by atoms with Gasteiger partial charge in [0, 0.05) is 38.9 Å². The van der Waals surface area contributed by atoms with Gasteiger partial charge in [0.1, 0.15) is 11.6 Å². The summed E-state index contributed by atoms with van der Waals surface area (Å²) in [6, 6.07) is 3.57. The lowest BCUT2D eigenvalue weighted by atomic mass is 9.96. The van der Waals surface area contributed by atoms with Crippen molar-refractivity contribution in [1.29, 1.82) is 0 Å². The summed E-state index contributed by atoms with van der Waals surface area (Å²) < 4.78 is 33.0. The van der Waals surface area contributed by atoms with Crippen molar-refractivity contribution in [2.75, 3.05) is 20.1 Å². The molecule has 2 amide bonds. The Morgan fingerprint density at radius 3 is 2.56 bits per heavy atom. The van der Waals surface area contributed by atoms with Gasteiger partial charge in [-0.2, -0.15) is 0 Å². The van der Waals surface area contributed by atoms with Crippen molar-refractivity contribution in [3.05, 3.63) is 41.9 Å². The zero-order valence-corrected chi connectivity index (χ0v) is 15.0. The molecule has 0 aliphatic carbocycles. The first-order valence-corrected chi connectivity index (χ1v) is 8.88. The van der Waals surface area contributed by atoms with Crippen molar-refractivity contribution in [2.45, 2.75) is 25.7 Å². The Kier molecular flexibility index (Phi) is 5.83. The molecule has 2 heterocycles. The number of likely N-dealkylation sites (tertiary alicyclic amines) is 1. The van der Waals surface area contributed by atoms with Crippen molar-refractivity contribution < 1.29 is 22.8 Å². The minimum absolute atomic E-state index is 0.000517. The molecule has 1 fully saturated rings. The van der Waals surface area contributed by atoms with Gasteiger partial charge in [-0.1, -0.05) is 6.07 Å². The number of oxazole rings is 1. The molecule has 1 saturated heterocycles. The van der Waals surface area contributed by atoms with E-state index < -0.39 is 11.6 Å². The molecule has 0 radical (unpaired) electrons. The number of benzene rings is 1. The van der Waals surface area contributed by atoms with Crippen LogP contribution in [0.3, 0.4) is 0 Å². The molecule has 1 aromatic heterocycles. The van der Waals surface area contributed by atoms with E-state index in [9.17, 15) is 18.4 Å². The Hall–Kier alpha value is -2.77. The standard InChI is InChI=1S/C19H21F2N3O3/c1-22-19(26)12-7-9-24(10-8-12)17(25)6-5-16-23-11-15(27-16)18-13(20)3-2-4-14(18)21/h2-4,11-12H,5-10H2,1H3,(H,22,26).